The van der Waals surface area contributed by atoms with E-state index in [9.17, 15) is 0 Å². The Balaban J connectivity index is 1.18. The summed E-state index contributed by atoms with van der Waals surface area (Å²) in [5.41, 5.74) is 16.4. The van der Waals surface area contributed by atoms with Gasteiger partial charge >= 0.3 is 0 Å². The molecule has 0 unspecified atom stereocenters. The summed E-state index contributed by atoms with van der Waals surface area (Å²) in [7, 11) is 0. The Hall–Kier alpha value is -7.43. The van der Waals surface area contributed by atoms with E-state index in [1.807, 2.05) is 48.5 Å². The van der Waals surface area contributed by atoms with E-state index in [-0.39, 0.29) is 0 Å². The molecule has 12 rings (SSSR count). The molecule has 1 spiro atoms. The fraction of sp³-hybridized carbons (Fsp3) is 0.0192. The molecule has 10 aromatic rings. The molecule has 0 amide bonds. The van der Waals surface area contributed by atoms with E-state index in [1.165, 1.54) is 44.5 Å². The second-order valence-electron chi connectivity index (χ2n) is 14.6. The summed E-state index contributed by atoms with van der Waals surface area (Å²) in [5, 5.41) is 2.00. The summed E-state index contributed by atoms with van der Waals surface area (Å²) in [6.45, 7) is 0. The minimum Gasteiger partial charge on any atom is -0.456 e. The third-order valence-electron chi connectivity index (χ3n) is 11.8. The van der Waals surface area contributed by atoms with Crippen molar-refractivity contribution < 1.29 is 4.42 Å². The fourth-order valence-corrected chi connectivity index (χ4v) is 9.47. The number of hydrogen-bond acceptors (Lipinski definition) is 4. The molecule has 0 aliphatic heterocycles. The van der Waals surface area contributed by atoms with Crippen molar-refractivity contribution in [2.75, 3.05) is 0 Å². The van der Waals surface area contributed by atoms with Crippen molar-refractivity contribution in [1.29, 1.82) is 0 Å². The van der Waals surface area contributed by atoms with Crippen LogP contribution in [0.2, 0.25) is 0 Å². The van der Waals surface area contributed by atoms with Crippen molar-refractivity contribution in [2.45, 2.75) is 5.41 Å². The van der Waals surface area contributed by atoms with Gasteiger partial charge in [-0.2, -0.15) is 0 Å². The molecule has 2 aromatic heterocycles. The largest absolute Gasteiger partial charge is 0.456 e. The molecule has 0 radical (unpaired) electrons. The standard InChI is InChI=1S/C52H31N3O/c1-3-15-32(16-4-1)49-53-50(33-17-5-2-6-18-33)55-51(54-49)48-35(29-30-46-47(48)40-22-10-14-26-45(40)56-46)34-27-28-39-38-21-9-13-25-43(38)52(44(39)31-34)41-23-11-7-19-36(41)37-20-8-12-24-42(37)52/h1-31H. The number of para-hydroxylation sites is 1. The number of hydrogen-bond donors (Lipinski definition) is 0. The molecule has 0 N–H and O–H groups in total. The zero-order chi connectivity index (χ0) is 36.8. The van der Waals surface area contributed by atoms with E-state index >= 15 is 0 Å². The van der Waals surface area contributed by atoms with Gasteiger partial charge in [-0.1, -0.05) is 164 Å². The maximum Gasteiger partial charge on any atom is 0.165 e. The Morgan fingerprint density at radius 3 is 1.43 bits per heavy atom. The van der Waals surface area contributed by atoms with Gasteiger partial charge in [0.2, 0.25) is 0 Å². The molecule has 2 heterocycles. The minimum atomic E-state index is -0.462. The topological polar surface area (TPSA) is 51.8 Å². The quantitative estimate of drug-likeness (QED) is 0.182. The summed E-state index contributed by atoms with van der Waals surface area (Å²) in [5.74, 6) is 1.83. The highest BCUT2D eigenvalue weighted by Gasteiger charge is 2.51. The molecule has 260 valence electrons. The molecule has 56 heavy (non-hydrogen) atoms. The van der Waals surface area contributed by atoms with Crippen LogP contribution in [0.15, 0.2) is 192 Å². The number of benzene rings is 8. The van der Waals surface area contributed by atoms with Gasteiger partial charge in [-0.05, 0) is 79.9 Å². The fourth-order valence-electron chi connectivity index (χ4n) is 9.47. The third-order valence-corrected chi connectivity index (χ3v) is 11.8. The van der Waals surface area contributed by atoms with Crippen molar-refractivity contribution in [1.82, 2.24) is 15.0 Å². The Labute approximate surface area is 323 Å². The zero-order valence-corrected chi connectivity index (χ0v) is 30.1. The summed E-state index contributed by atoms with van der Waals surface area (Å²) in [6, 6.07) is 66.7. The first-order chi connectivity index (χ1) is 27.8. The number of aromatic nitrogens is 3. The molecule has 2 aliphatic rings. The first-order valence-corrected chi connectivity index (χ1v) is 19.0. The predicted octanol–water partition coefficient (Wildman–Crippen LogP) is 12.8. The van der Waals surface area contributed by atoms with E-state index in [0.717, 1.165) is 49.8 Å². The summed E-state index contributed by atoms with van der Waals surface area (Å²) in [4.78, 5) is 15.6. The lowest BCUT2D eigenvalue weighted by molar-refractivity contribution is 0.669. The highest BCUT2D eigenvalue weighted by Crippen LogP contribution is 2.63. The first kappa shape index (κ1) is 31.0. The molecule has 0 saturated heterocycles. The minimum absolute atomic E-state index is 0.462. The van der Waals surface area contributed by atoms with E-state index < -0.39 is 5.41 Å². The van der Waals surface area contributed by atoms with Crippen LogP contribution in [0.4, 0.5) is 0 Å². The van der Waals surface area contributed by atoms with Gasteiger partial charge in [0.15, 0.2) is 17.5 Å². The van der Waals surface area contributed by atoms with Gasteiger partial charge < -0.3 is 4.42 Å². The van der Waals surface area contributed by atoms with Crippen molar-refractivity contribution in [3.05, 3.63) is 210 Å². The Kier molecular flexibility index (Phi) is 6.52. The Morgan fingerprint density at radius 1 is 0.339 bits per heavy atom. The van der Waals surface area contributed by atoms with Crippen LogP contribution in [-0.4, -0.2) is 15.0 Å². The van der Waals surface area contributed by atoms with Crippen molar-refractivity contribution >= 4 is 21.9 Å². The predicted molar refractivity (Wildman–Crippen MR) is 225 cm³/mol. The molecule has 8 aromatic carbocycles. The average Bonchev–Trinajstić information content (AvgIpc) is 3.90. The molecule has 0 bridgehead atoms. The van der Waals surface area contributed by atoms with Gasteiger partial charge in [0, 0.05) is 27.5 Å². The van der Waals surface area contributed by atoms with Crippen LogP contribution < -0.4 is 0 Å². The monoisotopic (exact) mass is 713 g/mol. The van der Waals surface area contributed by atoms with Gasteiger partial charge in [-0.25, -0.2) is 15.0 Å². The summed E-state index contributed by atoms with van der Waals surface area (Å²) in [6.07, 6.45) is 0. The van der Waals surface area contributed by atoms with Crippen LogP contribution in [0, 0.1) is 0 Å². The molecular formula is C52H31N3O. The van der Waals surface area contributed by atoms with Crippen molar-refractivity contribution in [3.63, 3.8) is 0 Å². The Bertz CT molecular complexity index is 3080. The van der Waals surface area contributed by atoms with E-state index in [2.05, 4.69) is 140 Å². The SMILES string of the molecule is c1ccc(-c2nc(-c3ccccc3)nc(-c3c(-c4ccc5c(c4)C4(c6ccccc6-c6ccccc64)c4ccccc4-5)ccc4oc5ccccc5c34)n2)cc1. The third kappa shape index (κ3) is 4.27. The molecule has 0 fully saturated rings. The summed E-state index contributed by atoms with van der Waals surface area (Å²) >= 11 is 0. The molecule has 4 nitrogen and oxygen atoms in total. The van der Waals surface area contributed by atoms with Crippen LogP contribution in [0.3, 0.4) is 0 Å². The number of nitrogens with zero attached hydrogens (tertiary/aromatic N) is 3. The highest BCUT2D eigenvalue weighted by molar-refractivity contribution is 6.15. The highest BCUT2D eigenvalue weighted by atomic mass is 16.3. The maximum atomic E-state index is 6.53. The molecule has 2 aliphatic carbocycles. The lowest BCUT2D eigenvalue weighted by Crippen LogP contribution is -2.25. The lowest BCUT2D eigenvalue weighted by Gasteiger charge is -2.30. The smallest absolute Gasteiger partial charge is 0.165 e. The molecule has 0 saturated carbocycles. The van der Waals surface area contributed by atoms with Crippen LogP contribution in [0.5, 0.6) is 0 Å². The van der Waals surface area contributed by atoms with E-state index in [4.69, 9.17) is 19.4 Å². The van der Waals surface area contributed by atoms with Gasteiger partial charge in [0.25, 0.3) is 0 Å². The van der Waals surface area contributed by atoms with Crippen molar-refractivity contribution in [3.8, 4) is 67.5 Å². The van der Waals surface area contributed by atoms with Crippen LogP contribution in [0.25, 0.3) is 89.5 Å². The number of furan rings is 1. The molecule has 0 atom stereocenters. The van der Waals surface area contributed by atoms with E-state index in [1.54, 1.807) is 0 Å². The zero-order valence-electron chi connectivity index (χ0n) is 30.1. The van der Waals surface area contributed by atoms with Gasteiger partial charge in [0.05, 0.1) is 5.41 Å². The Morgan fingerprint density at radius 2 is 0.821 bits per heavy atom. The van der Waals surface area contributed by atoms with Gasteiger partial charge in [0.1, 0.15) is 11.2 Å². The number of fused-ring (bicyclic) bond motifs is 13. The lowest BCUT2D eigenvalue weighted by atomic mass is 9.70. The van der Waals surface area contributed by atoms with E-state index in [0.29, 0.717) is 17.5 Å². The molecular weight excluding hydrogens is 683 g/mol. The summed E-state index contributed by atoms with van der Waals surface area (Å²) < 4.78 is 6.53. The second-order valence-corrected chi connectivity index (χ2v) is 14.6. The molecule has 4 heteroatoms. The van der Waals surface area contributed by atoms with Gasteiger partial charge in [-0.15, -0.1) is 0 Å². The van der Waals surface area contributed by atoms with Crippen LogP contribution in [-0.2, 0) is 5.41 Å². The van der Waals surface area contributed by atoms with Crippen LogP contribution >= 0.6 is 0 Å². The average molecular weight is 714 g/mol. The van der Waals surface area contributed by atoms with Crippen LogP contribution in [0.1, 0.15) is 22.3 Å². The normalized spacial score (nSPS) is 13.1. The maximum absolute atomic E-state index is 6.53. The first-order valence-electron chi connectivity index (χ1n) is 19.0. The number of rotatable bonds is 4. The van der Waals surface area contributed by atoms with Crippen molar-refractivity contribution in [2.24, 2.45) is 0 Å². The van der Waals surface area contributed by atoms with Gasteiger partial charge in [-0.3, -0.25) is 0 Å². The second kappa shape index (κ2) is 11.8.